The molecule has 4 aromatic heterocycles. The Balaban J connectivity index is 1.65. The van der Waals surface area contributed by atoms with E-state index in [9.17, 15) is 9.59 Å². The van der Waals surface area contributed by atoms with E-state index in [2.05, 4.69) is 12.1 Å². The predicted molar refractivity (Wildman–Crippen MR) is 120 cm³/mol. The molecule has 142 valence electrons. The molecule has 0 saturated heterocycles. The van der Waals surface area contributed by atoms with Crippen molar-refractivity contribution in [1.82, 2.24) is 0 Å². The van der Waals surface area contributed by atoms with E-state index in [0.717, 1.165) is 18.8 Å². The first-order chi connectivity index (χ1) is 13.6. The van der Waals surface area contributed by atoms with E-state index in [-0.39, 0.29) is 11.9 Å². The third kappa shape index (κ3) is 2.75. The number of benzene rings is 1. The highest BCUT2D eigenvalue weighted by atomic mass is 32.1. The van der Waals surface area contributed by atoms with Crippen LogP contribution in [0.15, 0.2) is 24.3 Å². The molecule has 0 aliphatic carbocycles. The quantitative estimate of drug-likeness (QED) is 0.282. The van der Waals surface area contributed by atoms with Gasteiger partial charge in [0.15, 0.2) is 0 Å². The fourth-order valence-electron chi connectivity index (χ4n) is 3.20. The highest BCUT2D eigenvalue weighted by molar-refractivity contribution is 7.35. The Hall–Kier alpha value is -2.00. The summed E-state index contributed by atoms with van der Waals surface area (Å²) in [6, 6.07) is 8.26. The smallest absolute Gasteiger partial charge is 0.348 e. The molecule has 0 unspecified atom stereocenters. The number of esters is 2. The van der Waals surface area contributed by atoms with Crippen molar-refractivity contribution in [3.05, 3.63) is 34.0 Å². The van der Waals surface area contributed by atoms with Gasteiger partial charge in [-0.3, -0.25) is 0 Å². The van der Waals surface area contributed by atoms with E-state index < -0.39 is 0 Å². The molecule has 0 aliphatic rings. The molecule has 0 bridgehead atoms. The molecule has 28 heavy (non-hydrogen) atoms. The molecule has 5 aromatic rings. The Morgan fingerprint density at radius 3 is 1.50 bits per heavy atom. The van der Waals surface area contributed by atoms with Gasteiger partial charge in [-0.25, -0.2) is 9.59 Å². The van der Waals surface area contributed by atoms with Crippen LogP contribution in [-0.2, 0) is 9.47 Å². The van der Waals surface area contributed by atoms with E-state index >= 15 is 0 Å². The van der Waals surface area contributed by atoms with Gasteiger partial charge in [0, 0.05) is 29.6 Å². The fraction of sp³-hybridized carbons (Fsp3) is 0.200. The second kappa shape index (κ2) is 6.81. The van der Waals surface area contributed by atoms with Gasteiger partial charge in [-0.05, 0) is 38.1 Å². The van der Waals surface area contributed by atoms with Crippen LogP contribution in [0.2, 0.25) is 0 Å². The van der Waals surface area contributed by atoms with Crippen LogP contribution in [-0.4, -0.2) is 25.2 Å². The van der Waals surface area contributed by atoms with E-state index in [0.29, 0.717) is 23.0 Å². The Kier molecular flexibility index (Phi) is 4.39. The third-order valence-electron chi connectivity index (χ3n) is 4.36. The second-order valence-corrected chi connectivity index (χ2v) is 10.4. The number of hydrogen-bond acceptors (Lipinski definition) is 8. The van der Waals surface area contributed by atoms with Gasteiger partial charge in [-0.1, -0.05) is 0 Å². The van der Waals surface area contributed by atoms with Crippen LogP contribution < -0.4 is 0 Å². The molecule has 8 heteroatoms. The van der Waals surface area contributed by atoms with Gasteiger partial charge in [0.05, 0.1) is 22.6 Å². The first-order valence-electron chi connectivity index (χ1n) is 8.75. The maximum absolute atomic E-state index is 12.0. The first kappa shape index (κ1) is 18.1. The van der Waals surface area contributed by atoms with Gasteiger partial charge in [0.2, 0.25) is 0 Å². The van der Waals surface area contributed by atoms with Gasteiger partial charge >= 0.3 is 11.9 Å². The number of fused-ring (bicyclic) bond motifs is 6. The number of carbonyl (C=O) groups is 2. The zero-order valence-corrected chi connectivity index (χ0v) is 18.3. The van der Waals surface area contributed by atoms with E-state index in [4.69, 9.17) is 9.47 Å². The molecule has 5 rings (SSSR count). The third-order valence-corrected chi connectivity index (χ3v) is 9.11. The number of hydrogen-bond donors (Lipinski definition) is 0. The van der Waals surface area contributed by atoms with Crippen molar-refractivity contribution in [2.45, 2.75) is 13.8 Å². The lowest BCUT2D eigenvalue weighted by Crippen LogP contribution is -2.01. The van der Waals surface area contributed by atoms with Crippen molar-refractivity contribution >= 4 is 96.3 Å². The number of ether oxygens (including phenoxy) is 2. The van der Waals surface area contributed by atoms with Crippen LogP contribution in [0.3, 0.4) is 0 Å². The van der Waals surface area contributed by atoms with Crippen molar-refractivity contribution in [2.75, 3.05) is 13.2 Å². The van der Waals surface area contributed by atoms with Gasteiger partial charge in [0.1, 0.15) is 9.75 Å². The summed E-state index contributed by atoms with van der Waals surface area (Å²) in [5, 5.41) is 2.35. The van der Waals surface area contributed by atoms with Crippen LogP contribution in [0.1, 0.15) is 33.2 Å². The Morgan fingerprint density at radius 1 is 0.679 bits per heavy atom. The summed E-state index contributed by atoms with van der Waals surface area (Å²) in [6.07, 6.45) is 0. The largest absolute Gasteiger partial charge is 0.462 e. The fourth-order valence-corrected chi connectivity index (χ4v) is 8.06. The zero-order valence-electron chi connectivity index (χ0n) is 15.0. The molecule has 0 saturated carbocycles. The topological polar surface area (TPSA) is 52.6 Å². The molecule has 0 amide bonds. The first-order valence-corrected chi connectivity index (χ1v) is 12.0. The Bertz CT molecular complexity index is 1270. The van der Waals surface area contributed by atoms with Gasteiger partial charge in [-0.2, -0.15) is 0 Å². The summed E-state index contributed by atoms with van der Waals surface area (Å²) in [5.41, 5.74) is 0. The summed E-state index contributed by atoms with van der Waals surface area (Å²) in [4.78, 5) is 25.4. The Labute approximate surface area is 175 Å². The minimum atomic E-state index is -0.256. The van der Waals surface area contributed by atoms with Gasteiger partial charge < -0.3 is 9.47 Å². The highest BCUT2D eigenvalue weighted by Gasteiger charge is 2.19. The minimum Gasteiger partial charge on any atom is -0.462 e. The summed E-state index contributed by atoms with van der Waals surface area (Å²) in [5.74, 6) is -0.512. The van der Waals surface area contributed by atoms with Crippen molar-refractivity contribution in [3.63, 3.8) is 0 Å². The van der Waals surface area contributed by atoms with Crippen molar-refractivity contribution in [3.8, 4) is 0 Å². The minimum absolute atomic E-state index is 0.256. The standard InChI is InChI=1S/C20H14O4S4/c1-3-23-19(21)15-7-13-17(27-15)9-5-12-10(6-11(9)25-13)18-14(26-12)8-16(28-18)20(22)24-4-2/h5-8H,3-4H2,1-2H3. The monoisotopic (exact) mass is 446 g/mol. The van der Waals surface area contributed by atoms with Crippen LogP contribution in [0.25, 0.3) is 39.0 Å². The molecular formula is C20H14O4S4. The molecular weight excluding hydrogens is 432 g/mol. The summed E-state index contributed by atoms with van der Waals surface area (Å²) in [6.45, 7) is 4.39. The average Bonchev–Trinajstić information content (AvgIpc) is 3.38. The SMILES string of the molecule is CCOC(=O)c1cc2sc3cc4c(cc3c2s1)sc1cc(C(=O)OCC)sc14. The van der Waals surface area contributed by atoms with Crippen LogP contribution in [0.4, 0.5) is 0 Å². The number of carbonyl (C=O) groups excluding carboxylic acids is 2. The Morgan fingerprint density at radius 2 is 1.11 bits per heavy atom. The summed E-state index contributed by atoms with van der Waals surface area (Å²) >= 11 is 6.36. The lowest BCUT2D eigenvalue weighted by molar-refractivity contribution is 0.0522. The maximum atomic E-state index is 12.0. The molecule has 0 radical (unpaired) electrons. The maximum Gasteiger partial charge on any atom is 0.348 e. The molecule has 4 nitrogen and oxygen atoms in total. The number of thiophene rings is 4. The molecule has 0 fully saturated rings. The summed E-state index contributed by atoms with van der Waals surface area (Å²) < 4.78 is 17.1. The van der Waals surface area contributed by atoms with Crippen LogP contribution in [0.5, 0.6) is 0 Å². The second-order valence-electron chi connectivity index (χ2n) is 6.10. The van der Waals surface area contributed by atoms with Crippen LogP contribution >= 0.6 is 45.3 Å². The lowest BCUT2D eigenvalue weighted by atomic mass is 10.2. The highest BCUT2D eigenvalue weighted by Crippen LogP contribution is 2.46. The molecule has 0 N–H and O–H groups in total. The van der Waals surface area contributed by atoms with E-state index in [1.807, 2.05) is 26.0 Å². The van der Waals surface area contributed by atoms with Gasteiger partial charge in [-0.15, -0.1) is 45.3 Å². The molecule has 0 spiro atoms. The van der Waals surface area contributed by atoms with Crippen molar-refractivity contribution in [2.24, 2.45) is 0 Å². The predicted octanol–water partition coefficient (Wildman–Crippen LogP) is 6.90. The normalized spacial score (nSPS) is 11.8. The molecule has 4 heterocycles. The van der Waals surface area contributed by atoms with E-state index in [1.165, 1.54) is 42.8 Å². The number of rotatable bonds is 4. The summed E-state index contributed by atoms with van der Waals surface area (Å²) in [7, 11) is 0. The molecule has 0 aliphatic heterocycles. The van der Waals surface area contributed by atoms with Gasteiger partial charge in [0.25, 0.3) is 0 Å². The van der Waals surface area contributed by atoms with E-state index in [1.54, 1.807) is 22.7 Å². The lowest BCUT2D eigenvalue weighted by Gasteiger charge is -1.97. The molecule has 1 aromatic carbocycles. The zero-order chi connectivity index (χ0) is 19.4. The van der Waals surface area contributed by atoms with Crippen LogP contribution in [0, 0.1) is 0 Å². The van der Waals surface area contributed by atoms with Crippen molar-refractivity contribution in [1.29, 1.82) is 0 Å². The molecule has 0 atom stereocenters. The average molecular weight is 447 g/mol. The van der Waals surface area contributed by atoms with Crippen molar-refractivity contribution < 1.29 is 19.1 Å².